The molecule has 3 nitrogen and oxygen atoms in total. The molecule has 0 saturated carbocycles. The van der Waals surface area contributed by atoms with Crippen molar-refractivity contribution in [3.63, 3.8) is 0 Å². The average molecular weight is 308 g/mol. The molecule has 1 aromatic carbocycles. The van der Waals surface area contributed by atoms with Gasteiger partial charge in [-0.1, -0.05) is 34.8 Å². The van der Waals surface area contributed by atoms with Crippen LogP contribution in [0.15, 0.2) is 12.1 Å². The molecule has 1 aromatic rings. The van der Waals surface area contributed by atoms with Gasteiger partial charge in [0.15, 0.2) is 0 Å². The fourth-order valence-corrected chi connectivity index (χ4v) is 2.52. The fourth-order valence-electron chi connectivity index (χ4n) is 1.93. The highest BCUT2D eigenvalue weighted by molar-refractivity contribution is 6.44. The normalized spacial score (nSPS) is 19.6. The minimum Gasteiger partial charge on any atom is -0.324 e. The third kappa shape index (κ3) is 3.29. The maximum atomic E-state index is 12.0. The Kier molecular flexibility index (Phi) is 4.73. The average Bonchev–Trinajstić information content (AvgIpc) is 2.37. The smallest absolute Gasteiger partial charge is 0.228 e. The topological polar surface area (TPSA) is 41.1 Å². The molecule has 1 fully saturated rings. The molecule has 18 heavy (non-hydrogen) atoms. The Balaban J connectivity index is 2.08. The van der Waals surface area contributed by atoms with Crippen molar-refractivity contribution in [2.75, 3.05) is 18.4 Å². The first-order chi connectivity index (χ1) is 8.58. The van der Waals surface area contributed by atoms with E-state index in [0.717, 1.165) is 19.4 Å². The Morgan fingerprint density at radius 2 is 1.94 bits per heavy atom. The summed E-state index contributed by atoms with van der Waals surface area (Å²) in [4.78, 5) is 12.0. The van der Waals surface area contributed by atoms with Gasteiger partial charge in [-0.25, -0.2) is 0 Å². The van der Waals surface area contributed by atoms with Crippen LogP contribution in [0.5, 0.6) is 0 Å². The minimum absolute atomic E-state index is 0.0238. The van der Waals surface area contributed by atoms with E-state index < -0.39 is 0 Å². The summed E-state index contributed by atoms with van der Waals surface area (Å²) in [6.07, 6.45) is 1.89. The number of piperidine rings is 1. The molecule has 2 N–H and O–H groups in total. The van der Waals surface area contributed by atoms with E-state index in [1.807, 2.05) is 0 Å². The number of hydrogen-bond donors (Lipinski definition) is 2. The van der Waals surface area contributed by atoms with Crippen LogP contribution in [-0.4, -0.2) is 19.0 Å². The third-order valence-electron chi connectivity index (χ3n) is 2.94. The van der Waals surface area contributed by atoms with Crippen molar-refractivity contribution in [3.05, 3.63) is 27.2 Å². The van der Waals surface area contributed by atoms with Gasteiger partial charge in [-0.2, -0.15) is 0 Å². The zero-order chi connectivity index (χ0) is 13.1. The quantitative estimate of drug-likeness (QED) is 0.820. The number of hydrogen-bond acceptors (Lipinski definition) is 2. The predicted octanol–water partition coefficient (Wildman–Crippen LogP) is 3.58. The van der Waals surface area contributed by atoms with Crippen LogP contribution in [0, 0.1) is 5.92 Å². The second-order valence-corrected chi connectivity index (χ2v) is 5.50. The summed E-state index contributed by atoms with van der Waals surface area (Å²) < 4.78 is 0. The van der Waals surface area contributed by atoms with Crippen LogP contribution in [0.25, 0.3) is 0 Å². The first-order valence-corrected chi connectivity index (χ1v) is 6.87. The fraction of sp³-hybridized carbons (Fsp3) is 0.417. The molecule has 0 bridgehead atoms. The predicted molar refractivity (Wildman–Crippen MR) is 75.7 cm³/mol. The molecule has 1 amide bonds. The largest absolute Gasteiger partial charge is 0.324 e. The minimum atomic E-state index is -0.0394. The van der Waals surface area contributed by atoms with Crippen LogP contribution in [0.1, 0.15) is 12.8 Å². The summed E-state index contributed by atoms with van der Waals surface area (Å²) in [7, 11) is 0. The number of rotatable bonds is 2. The zero-order valence-electron chi connectivity index (χ0n) is 9.60. The Bertz CT molecular complexity index is 459. The van der Waals surface area contributed by atoms with Gasteiger partial charge >= 0.3 is 0 Å². The number of carbonyl (C=O) groups excluding carboxylic acids is 1. The van der Waals surface area contributed by atoms with Crippen molar-refractivity contribution >= 4 is 46.4 Å². The molecular formula is C12H13Cl3N2O. The van der Waals surface area contributed by atoms with E-state index in [-0.39, 0.29) is 11.8 Å². The maximum Gasteiger partial charge on any atom is 0.228 e. The van der Waals surface area contributed by atoms with E-state index in [1.54, 1.807) is 6.07 Å². The molecule has 1 aliphatic heterocycles. The molecule has 6 heteroatoms. The SMILES string of the molecule is O=C(Nc1cc(Cl)c(Cl)cc1Cl)[C@H]1CCCNC1. The maximum absolute atomic E-state index is 12.0. The molecule has 0 spiro atoms. The number of benzene rings is 1. The standard InChI is InChI=1S/C12H13Cl3N2O/c13-8-4-10(15)11(5-9(8)14)17-12(18)7-2-1-3-16-6-7/h4-5,7,16H,1-3,6H2,(H,17,18)/t7-/m0/s1. The van der Waals surface area contributed by atoms with Crippen molar-refractivity contribution in [3.8, 4) is 0 Å². The van der Waals surface area contributed by atoms with Crippen LogP contribution < -0.4 is 10.6 Å². The Morgan fingerprint density at radius 1 is 1.22 bits per heavy atom. The monoisotopic (exact) mass is 306 g/mol. The molecule has 0 radical (unpaired) electrons. The van der Waals surface area contributed by atoms with Crippen LogP contribution in [0.2, 0.25) is 15.1 Å². The molecule has 2 rings (SSSR count). The summed E-state index contributed by atoms with van der Waals surface area (Å²) in [5.41, 5.74) is 0.502. The van der Waals surface area contributed by atoms with E-state index in [2.05, 4.69) is 10.6 Å². The van der Waals surface area contributed by atoms with Gasteiger partial charge in [0.2, 0.25) is 5.91 Å². The molecule has 98 valence electrons. The van der Waals surface area contributed by atoms with Crippen LogP contribution >= 0.6 is 34.8 Å². The molecule has 0 aromatic heterocycles. The second-order valence-electron chi connectivity index (χ2n) is 4.28. The van der Waals surface area contributed by atoms with Crippen molar-refractivity contribution in [1.82, 2.24) is 5.32 Å². The van der Waals surface area contributed by atoms with Gasteiger partial charge in [-0.05, 0) is 31.5 Å². The first-order valence-electron chi connectivity index (χ1n) is 5.74. The van der Waals surface area contributed by atoms with E-state index >= 15 is 0 Å². The summed E-state index contributed by atoms with van der Waals surface area (Å²) in [5.74, 6) is -0.0632. The molecular weight excluding hydrogens is 295 g/mol. The number of halogens is 3. The van der Waals surface area contributed by atoms with Gasteiger partial charge in [0.05, 0.1) is 26.7 Å². The van der Waals surface area contributed by atoms with Gasteiger partial charge in [0, 0.05) is 6.54 Å². The third-order valence-corrected chi connectivity index (χ3v) is 3.97. The molecule has 1 aliphatic rings. The highest BCUT2D eigenvalue weighted by Gasteiger charge is 2.21. The summed E-state index contributed by atoms with van der Waals surface area (Å²) in [6.45, 7) is 1.67. The lowest BCUT2D eigenvalue weighted by Crippen LogP contribution is -2.37. The number of anilines is 1. The van der Waals surface area contributed by atoms with Gasteiger partial charge in [-0.3, -0.25) is 4.79 Å². The summed E-state index contributed by atoms with van der Waals surface area (Å²) in [5, 5.41) is 7.13. The van der Waals surface area contributed by atoms with Crippen LogP contribution in [-0.2, 0) is 4.79 Å². The molecule has 1 atom stereocenters. The van der Waals surface area contributed by atoms with Crippen molar-refractivity contribution in [1.29, 1.82) is 0 Å². The Labute approximate surface area is 121 Å². The summed E-state index contributed by atoms with van der Waals surface area (Å²) in [6, 6.07) is 3.10. The van der Waals surface area contributed by atoms with Crippen molar-refractivity contribution in [2.24, 2.45) is 5.92 Å². The van der Waals surface area contributed by atoms with Gasteiger partial charge in [0.25, 0.3) is 0 Å². The lowest BCUT2D eigenvalue weighted by Gasteiger charge is -2.22. The molecule has 0 aliphatic carbocycles. The summed E-state index contributed by atoms with van der Waals surface area (Å²) >= 11 is 17.7. The van der Waals surface area contributed by atoms with Gasteiger partial charge in [-0.15, -0.1) is 0 Å². The van der Waals surface area contributed by atoms with Crippen molar-refractivity contribution in [2.45, 2.75) is 12.8 Å². The molecule has 0 unspecified atom stereocenters. The lowest BCUT2D eigenvalue weighted by molar-refractivity contribution is -0.120. The molecule has 1 saturated heterocycles. The van der Waals surface area contributed by atoms with E-state index in [0.29, 0.717) is 27.3 Å². The van der Waals surface area contributed by atoms with E-state index in [1.165, 1.54) is 6.07 Å². The van der Waals surface area contributed by atoms with Crippen LogP contribution in [0.4, 0.5) is 5.69 Å². The second kappa shape index (κ2) is 6.11. The van der Waals surface area contributed by atoms with Crippen molar-refractivity contribution < 1.29 is 4.79 Å². The highest BCUT2D eigenvalue weighted by atomic mass is 35.5. The Morgan fingerprint density at radius 3 is 2.61 bits per heavy atom. The van der Waals surface area contributed by atoms with Gasteiger partial charge < -0.3 is 10.6 Å². The Hall–Kier alpha value is -0.480. The van der Waals surface area contributed by atoms with Gasteiger partial charge in [0.1, 0.15) is 0 Å². The van der Waals surface area contributed by atoms with E-state index in [4.69, 9.17) is 34.8 Å². The number of nitrogens with one attached hydrogen (secondary N) is 2. The van der Waals surface area contributed by atoms with E-state index in [9.17, 15) is 4.79 Å². The number of carbonyl (C=O) groups is 1. The lowest BCUT2D eigenvalue weighted by atomic mass is 9.99. The molecule has 1 heterocycles. The van der Waals surface area contributed by atoms with Crippen LogP contribution in [0.3, 0.4) is 0 Å². The number of amides is 1. The first kappa shape index (κ1) is 13.9. The zero-order valence-corrected chi connectivity index (χ0v) is 11.9. The highest BCUT2D eigenvalue weighted by Crippen LogP contribution is 2.32.